The second kappa shape index (κ2) is 7.65. The summed E-state index contributed by atoms with van der Waals surface area (Å²) in [6, 6.07) is 3.96. The van der Waals surface area contributed by atoms with E-state index in [-0.39, 0.29) is 17.7 Å². The normalized spacial score (nSPS) is 16.2. The molecule has 2 aromatic rings. The fraction of sp³-hybridized carbons (Fsp3) is 0.211. The molecule has 1 aliphatic heterocycles. The van der Waals surface area contributed by atoms with Crippen molar-refractivity contribution in [3.63, 3.8) is 0 Å². The predicted octanol–water partition coefficient (Wildman–Crippen LogP) is 2.07. The number of nitrogens with zero attached hydrogens (tertiary/aromatic N) is 1. The zero-order valence-electron chi connectivity index (χ0n) is 15.3. The number of nitrogens with two attached hydrogens (primary N) is 2. The number of nitrogens with one attached hydrogen (secondary N) is 1. The first-order valence-electron chi connectivity index (χ1n) is 8.63. The van der Waals surface area contributed by atoms with E-state index in [1.165, 1.54) is 18.2 Å². The highest BCUT2D eigenvalue weighted by molar-refractivity contribution is 6.03. The highest BCUT2D eigenvalue weighted by atomic mass is 19.4. The van der Waals surface area contributed by atoms with Gasteiger partial charge in [-0.15, -0.1) is 0 Å². The van der Waals surface area contributed by atoms with Crippen LogP contribution in [0.2, 0.25) is 0 Å². The first-order valence-corrected chi connectivity index (χ1v) is 8.63. The molecule has 0 radical (unpaired) electrons. The van der Waals surface area contributed by atoms with Crippen molar-refractivity contribution in [3.05, 3.63) is 64.5 Å². The van der Waals surface area contributed by atoms with E-state index in [0.717, 1.165) is 4.90 Å². The third-order valence-corrected chi connectivity index (χ3v) is 4.67. The molecule has 0 saturated heterocycles. The Morgan fingerprint density at radius 2 is 1.83 bits per heavy atom. The average Bonchev–Trinajstić information content (AvgIpc) is 2.64. The van der Waals surface area contributed by atoms with E-state index in [1.54, 1.807) is 0 Å². The Labute approximate surface area is 167 Å². The molecule has 0 unspecified atom stereocenters. The highest BCUT2D eigenvalue weighted by Gasteiger charge is 2.36. The van der Waals surface area contributed by atoms with E-state index in [1.807, 2.05) is 0 Å². The van der Waals surface area contributed by atoms with E-state index >= 15 is 0 Å². The minimum atomic E-state index is -4.71. The Hall–Kier alpha value is -3.63. The summed E-state index contributed by atoms with van der Waals surface area (Å²) < 4.78 is 53.3. The summed E-state index contributed by atoms with van der Waals surface area (Å²) in [6.45, 7) is -0.569. The maximum atomic E-state index is 14.3. The van der Waals surface area contributed by atoms with Crippen LogP contribution in [-0.4, -0.2) is 23.9 Å². The Kier molecular flexibility index (Phi) is 5.38. The maximum absolute atomic E-state index is 14.3. The lowest BCUT2D eigenvalue weighted by Gasteiger charge is -2.34. The summed E-state index contributed by atoms with van der Waals surface area (Å²) in [5.41, 5.74) is 9.60. The van der Waals surface area contributed by atoms with Crippen LogP contribution in [0.25, 0.3) is 0 Å². The maximum Gasteiger partial charge on any atom is 0.416 e. The van der Waals surface area contributed by atoms with Gasteiger partial charge < -0.3 is 21.7 Å². The van der Waals surface area contributed by atoms with Crippen molar-refractivity contribution in [2.45, 2.75) is 25.2 Å². The van der Waals surface area contributed by atoms with Crippen molar-refractivity contribution in [2.24, 2.45) is 11.5 Å². The van der Waals surface area contributed by atoms with Crippen LogP contribution >= 0.6 is 0 Å². The second-order valence-corrected chi connectivity index (χ2v) is 6.70. The van der Waals surface area contributed by atoms with Crippen LogP contribution in [0.15, 0.2) is 36.4 Å². The van der Waals surface area contributed by atoms with Gasteiger partial charge in [0.1, 0.15) is 11.9 Å². The minimum absolute atomic E-state index is 0.0255. The van der Waals surface area contributed by atoms with Crippen molar-refractivity contribution in [1.82, 2.24) is 5.32 Å². The van der Waals surface area contributed by atoms with Crippen LogP contribution < -0.4 is 21.7 Å². The van der Waals surface area contributed by atoms with Crippen LogP contribution in [0.1, 0.15) is 27.0 Å². The van der Waals surface area contributed by atoms with Crippen LogP contribution in [0.3, 0.4) is 0 Å². The van der Waals surface area contributed by atoms with Gasteiger partial charge in [0.25, 0.3) is 0 Å². The van der Waals surface area contributed by atoms with Crippen LogP contribution in [-0.2, 0) is 23.9 Å². The minimum Gasteiger partial charge on any atom is -0.366 e. The van der Waals surface area contributed by atoms with E-state index < -0.39 is 53.6 Å². The predicted molar refractivity (Wildman–Crippen MR) is 97.8 cm³/mol. The Bertz CT molecular complexity index is 1040. The molecule has 0 bridgehead atoms. The molecule has 7 nitrogen and oxygen atoms in total. The lowest BCUT2D eigenvalue weighted by atomic mass is 9.94. The Balaban J connectivity index is 2.08. The lowest BCUT2D eigenvalue weighted by Crippen LogP contribution is -2.54. The summed E-state index contributed by atoms with van der Waals surface area (Å²) in [4.78, 5) is 36.6. The van der Waals surface area contributed by atoms with Crippen molar-refractivity contribution < 1.29 is 31.9 Å². The molecule has 0 fully saturated rings. The molecule has 4 amide bonds. The number of rotatable bonds is 4. The number of urea groups is 1. The van der Waals surface area contributed by atoms with Crippen LogP contribution in [0.5, 0.6) is 0 Å². The van der Waals surface area contributed by atoms with Gasteiger partial charge in [-0.25, -0.2) is 9.18 Å². The third-order valence-electron chi connectivity index (χ3n) is 4.67. The SMILES string of the molecule is NC(=O)N[C@@H]1Cc2ccc(C(N)=O)cc2N(Cc2cc(C(F)(F)F)ccc2F)C1=O. The van der Waals surface area contributed by atoms with Crippen molar-refractivity contribution >= 4 is 23.5 Å². The molecule has 5 N–H and O–H groups in total. The van der Waals surface area contributed by atoms with Crippen molar-refractivity contribution in [2.75, 3.05) is 4.90 Å². The second-order valence-electron chi connectivity index (χ2n) is 6.70. The number of halogens is 4. The fourth-order valence-electron chi connectivity index (χ4n) is 3.25. The Morgan fingerprint density at radius 1 is 1.13 bits per heavy atom. The van der Waals surface area contributed by atoms with Gasteiger partial charge in [-0.2, -0.15) is 13.2 Å². The van der Waals surface area contributed by atoms with E-state index in [9.17, 15) is 31.9 Å². The molecule has 3 rings (SSSR count). The number of alkyl halides is 3. The molecule has 1 aliphatic rings. The zero-order valence-corrected chi connectivity index (χ0v) is 15.3. The standard InChI is InChI=1S/C19H16F4N4O3/c20-13-4-3-12(19(21,22)23)5-11(13)8-27-15-7-10(16(24)28)2-1-9(15)6-14(17(27)29)26-18(25)30/h1-5,7,14H,6,8H2,(H2,24,28)(H3,25,26,30)/t14-/m1/s1. The summed E-state index contributed by atoms with van der Waals surface area (Å²) in [5.74, 6) is -2.46. The number of hydrogen-bond acceptors (Lipinski definition) is 3. The molecule has 0 aromatic heterocycles. The number of carbonyl (C=O) groups is 3. The third kappa shape index (κ3) is 4.19. The smallest absolute Gasteiger partial charge is 0.366 e. The first kappa shape index (κ1) is 21.1. The highest BCUT2D eigenvalue weighted by Crippen LogP contribution is 2.33. The Morgan fingerprint density at radius 3 is 2.43 bits per heavy atom. The summed E-state index contributed by atoms with van der Waals surface area (Å²) in [5, 5.41) is 2.26. The summed E-state index contributed by atoms with van der Waals surface area (Å²) in [6.07, 6.45) is -4.68. The fourth-order valence-corrected chi connectivity index (χ4v) is 3.25. The number of fused-ring (bicyclic) bond motifs is 1. The molecule has 2 aromatic carbocycles. The number of carbonyl (C=O) groups excluding carboxylic acids is 3. The molecular formula is C19H16F4N4O3. The summed E-state index contributed by atoms with van der Waals surface area (Å²) >= 11 is 0. The van der Waals surface area contributed by atoms with Gasteiger partial charge in [0, 0.05) is 23.2 Å². The number of anilines is 1. The topological polar surface area (TPSA) is 119 Å². The number of hydrogen-bond donors (Lipinski definition) is 3. The monoisotopic (exact) mass is 424 g/mol. The van der Waals surface area contributed by atoms with E-state index in [4.69, 9.17) is 11.5 Å². The molecule has 11 heteroatoms. The molecule has 0 spiro atoms. The number of primary amides is 2. The molecule has 1 atom stereocenters. The van der Waals surface area contributed by atoms with Gasteiger partial charge in [0.15, 0.2) is 0 Å². The molecule has 158 valence electrons. The van der Waals surface area contributed by atoms with Gasteiger partial charge in [0.05, 0.1) is 12.1 Å². The van der Waals surface area contributed by atoms with E-state index in [2.05, 4.69) is 5.32 Å². The van der Waals surface area contributed by atoms with Crippen molar-refractivity contribution in [3.8, 4) is 0 Å². The largest absolute Gasteiger partial charge is 0.416 e. The lowest BCUT2D eigenvalue weighted by molar-refractivity contribution is -0.137. The van der Waals surface area contributed by atoms with Gasteiger partial charge in [0.2, 0.25) is 11.8 Å². The van der Waals surface area contributed by atoms with Crippen molar-refractivity contribution in [1.29, 1.82) is 0 Å². The van der Waals surface area contributed by atoms with Gasteiger partial charge in [-0.05, 0) is 35.9 Å². The zero-order chi connectivity index (χ0) is 22.2. The number of benzene rings is 2. The number of amides is 4. The van der Waals surface area contributed by atoms with Gasteiger partial charge in [-0.1, -0.05) is 6.07 Å². The molecule has 0 aliphatic carbocycles. The summed E-state index contributed by atoms with van der Waals surface area (Å²) in [7, 11) is 0. The quantitative estimate of drug-likeness (QED) is 0.652. The molecule has 30 heavy (non-hydrogen) atoms. The average molecular weight is 424 g/mol. The molecular weight excluding hydrogens is 408 g/mol. The van der Waals surface area contributed by atoms with E-state index in [0.29, 0.717) is 23.8 Å². The van der Waals surface area contributed by atoms with Gasteiger partial charge >= 0.3 is 12.2 Å². The molecule has 1 heterocycles. The van der Waals surface area contributed by atoms with Gasteiger partial charge in [-0.3, -0.25) is 9.59 Å². The first-order chi connectivity index (χ1) is 14.0. The van der Waals surface area contributed by atoms with Crippen LogP contribution in [0, 0.1) is 5.82 Å². The van der Waals surface area contributed by atoms with Crippen LogP contribution in [0.4, 0.5) is 28.0 Å². The molecule has 0 saturated carbocycles.